The summed E-state index contributed by atoms with van der Waals surface area (Å²) >= 11 is 0. The SMILES string of the molecule is CCC(C)c1ccc(Oc2cccc(F)c2[N+](=O)[O-])cc1. The van der Waals surface area contributed by atoms with E-state index in [4.69, 9.17) is 4.74 Å². The minimum absolute atomic E-state index is 0.101. The quantitative estimate of drug-likeness (QED) is 0.572. The van der Waals surface area contributed by atoms with Crippen LogP contribution in [0.25, 0.3) is 0 Å². The number of benzene rings is 2. The molecule has 0 aliphatic heterocycles. The van der Waals surface area contributed by atoms with E-state index in [9.17, 15) is 14.5 Å². The van der Waals surface area contributed by atoms with Crippen LogP contribution in [-0.2, 0) is 0 Å². The van der Waals surface area contributed by atoms with E-state index in [0.29, 0.717) is 11.7 Å². The van der Waals surface area contributed by atoms with Gasteiger partial charge in [-0.3, -0.25) is 10.1 Å². The number of ether oxygens (including phenoxy) is 1. The Morgan fingerprint density at radius 3 is 2.48 bits per heavy atom. The van der Waals surface area contributed by atoms with Crippen molar-refractivity contribution in [2.75, 3.05) is 0 Å². The number of nitro groups is 1. The fourth-order valence-electron chi connectivity index (χ4n) is 1.98. The summed E-state index contributed by atoms with van der Waals surface area (Å²) in [5.74, 6) is -0.136. The van der Waals surface area contributed by atoms with Gasteiger partial charge in [-0.15, -0.1) is 0 Å². The van der Waals surface area contributed by atoms with Gasteiger partial charge in [-0.2, -0.15) is 4.39 Å². The molecule has 0 heterocycles. The van der Waals surface area contributed by atoms with E-state index in [2.05, 4.69) is 13.8 Å². The highest BCUT2D eigenvalue weighted by atomic mass is 19.1. The number of halogens is 1. The van der Waals surface area contributed by atoms with Gasteiger partial charge >= 0.3 is 5.69 Å². The lowest BCUT2D eigenvalue weighted by Gasteiger charge is -2.10. The monoisotopic (exact) mass is 289 g/mol. The van der Waals surface area contributed by atoms with Crippen LogP contribution in [0.15, 0.2) is 42.5 Å². The Bertz CT molecular complexity index is 640. The second-order valence-corrected chi connectivity index (χ2v) is 4.82. The third-order valence-corrected chi connectivity index (χ3v) is 3.42. The summed E-state index contributed by atoms with van der Waals surface area (Å²) in [7, 11) is 0. The first-order chi connectivity index (χ1) is 10.0. The highest BCUT2D eigenvalue weighted by Gasteiger charge is 2.21. The molecule has 110 valence electrons. The zero-order valence-corrected chi connectivity index (χ0v) is 11.9. The van der Waals surface area contributed by atoms with E-state index in [1.807, 2.05) is 12.1 Å². The van der Waals surface area contributed by atoms with Crippen molar-refractivity contribution in [3.05, 3.63) is 64.0 Å². The van der Waals surface area contributed by atoms with Crippen molar-refractivity contribution in [2.24, 2.45) is 0 Å². The average molecular weight is 289 g/mol. The van der Waals surface area contributed by atoms with Crippen LogP contribution in [0, 0.1) is 15.9 Å². The topological polar surface area (TPSA) is 52.4 Å². The second kappa shape index (κ2) is 6.35. The highest BCUT2D eigenvalue weighted by Crippen LogP contribution is 2.33. The maximum atomic E-state index is 13.5. The number of hydrogen-bond acceptors (Lipinski definition) is 3. The molecule has 2 aromatic carbocycles. The van der Waals surface area contributed by atoms with Gasteiger partial charge in [0.15, 0.2) is 0 Å². The smallest absolute Gasteiger partial charge is 0.346 e. The molecular formula is C16H16FNO3. The summed E-state index contributed by atoms with van der Waals surface area (Å²) in [6, 6.07) is 11.1. The summed E-state index contributed by atoms with van der Waals surface area (Å²) < 4.78 is 18.9. The lowest BCUT2D eigenvalue weighted by Crippen LogP contribution is -1.97. The lowest BCUT2D eigenvalue weighted by molar-refractivity contribution is -0.388. The Kier molecular flexibility index (Phi) is 4.52. The zero-order valence-electron chi connectivity index (χ0n) is 11.9. The Labute approximate surface area is 122 Å². The van der Waals surface area contributed by atoms with Gasteiger partial charge in [0.1, 0.15) is 5.75 Å². The van der Waals surface area contributed by atoms with Crippen molar-refractivity contribution < 1.29 is 14.1 Å². The summed E-state index contributed by atoms with van der Waals surface area (Å²) in [6.07, 6.45) is 1.02. The van der Waals surface area contributed by atoms with Crippen molar-refractivity contribution >= 4 is 5.69 Å². The maximum Gasteiger partial charge on any atom is 0.346 e. The van der Waals surface area contributed by atoms with Crippen molar-refractivity contribution in [1.29, 1.82) is 0 Å². The molecule has 0 aliphatic carbocycles. The summed E-state index contributed by atoms with van der Waals surface area (Å²) in [4.78, 5) is 10.1. The van der Waals surface area contributed by atoms with Gasteiger partial charge in [0, 0.05) is 0 Å². The Balaban J connectivity index is 2.27. The molecule has 4 nitrogen and oxygen atoms in total. The third kappa shape index (κ3) is 3.37. The minimum atomic E-state index is -0.909. The van der Waals surface area contributed by atoms with E-state index in [-0.39, 0.29) is 5.75 Å². The predicted molar refractivity (Wildman–Crippen MR) is 78.3 cm³/mol. The van der Waals surface area contributed by atoms with Crippen LogP contribution >= 0.6 is 0 Å². The largest absolute Gasteiger partial charge is 0.450 e. The number of nitro benzene ring substituents is 1. The molecule has 0 spiro atoms. The normalized spacial score (nSPS) is 12.0. The molecule has 0 fully saturated rings. The molecule has 0 saturated heterocycles. The molecule has 0 aliphatic rings. The zero-order chi connectivity index (χ0) is 15.4. The van der Waals surface area contributed by atoms with Gasteiger partial charge < -0.3 is 4.74 Å². The lowest BCUT2D eigenvalue weighted by atomic mass is 9.99. The van der Waals surface area contributed by atoms with E-state index >= 15 is 0 Å². The molecule has 0 N–H and O–H groups in total. The molecule has 0 radical (unpaired) electrons. The number of rotatable bonds is 5. The fourth-order valence-corrected chi connectivity index (χ4v) is 1.98. The van der Waals surface area contributed by atoms with Crippen LogP contribution < -0.4 is 4.74 Å². The highest BCUT2D eigenvalue weighted by molar-refractivity contribution is 5.49. The Morgan fingerprint density at radius 1 is 1.24 bits per heavy atom. The van der Waals surface area contributed by atoms with Crippen molar-refractivity contribution in [3.8, 4) is 11.5 Å². The van der Waals surface area contributed by atoms with Crippen LogP contribution in [0.2, 0.25) is 0 Å². The fraction of sp³-hybridized carbons (Fsp3) is 0.250. The Hall–Kier alpha value is -2.43. The standard InChI is InChI=1S/C16H16FNO3/c1-3-11(2)12-7-9-13(10-8-12)21-15-6-4-5-14(17)16(15)18(19)20/h4-11H,3H2,1-2H3. The van der Waals surface area contributed by atoms with Crippen LogP contribution in [0.5, 0.6) is 11.5 Å². The first-order valence-corrected chi connectivity index (χ1v) is 6.73. The van der Waals surface area contributed by atoms with E-state index in [1.165, 1.54) is 17.7 Å². The molecule has 0 bridgehead atoms. The number of hydrogen-bond donors (Lipinski definition) is 0. The number of para-hydroxylation sites is 1. The van der Waals surface area contributed by atoms with Gasteiger partial charge in [-0.05, 0) is 42.2 Å². The summed E-state index contributed by atoms with van der Waals surface area (Å²) in [5.41, 5.74) is 0.516. The van der Waals surface area contributed by atoms with Crippen molar-refractivity contribution in [1.82, 2.24) is 0 Å². The van der Waals surface area contributed by atoms with Crippen molar-refractivity contribution in [3.63, 3.8) is 0 Å². The maximum absolute atomic E-state index is 13.5. The Morgan fingerprint density at radius 2 is 1.90 bits per heavy atom. The minimum Gasteiger partial charge on any atom is -0.450 e. The number of nitrogens with zero attached hydrogens (tertiary/aromatic N) is 1. The molecular weight excluding hydrogens is 273 g/mol. The van der Waals surface area contributed by atoms with E-state index in [1.54, 1.807) is 12.1 Å². The van der Waals surface area contributed by atoms with Crippen LogP contribution in [0.4, 0.5) is 10.1 Å². The van der Waals surface area contributed by atoms with E-state index in [0.717, 1.165) is 12.5 Å². The van der Waals surface area contributed by atoms with E-state index < -0.39 is 16.4 Å². The van der Waals surface area contributed by atoms with Gasteiger partial charge in [0.2, 0.25) is 11.6 Å². The predicted octanol–water partition coefficient (Wildman–Crippen LogP) is 5.04. The van der Waals surface area contributed by atoms with Gasteiger partial charge in [-0.1, -0.05) is 32.0 Å². The first kappa shape index (κ1) is 15.0. The van der Waals surface area contributed by atoms with Crippen molar-refractivity contribution in [2.45, 2.75) is 26.2 Å². The summed E-state index contributed by atoms with van der Waals surface area (Å²) in [5, 5.41) is 10.9. The third-order valence-electron chi connectivity index (χ3n) is 3.42. The molecule has 2 aromatic rings. The van der Waals surface area contributed by atoms with Gasteiger partial charge in [0.25, 0.3) is 0 Å². The molecule has 0 amide bonds. The van der Waals surface area contributed by atoms with Crippen LogP contribution in [0.1, 0.15) is 31.7 Å². The molecule has 5 heteroatoms. The molecule has 0 aromatic heterocycles. The molecule has 1 atom stereocenters. The molecule has 1 unspecified atom stereocenters. The van der Waals surface area contributed by atoms with Gasteiger partial charge in [0.05, 0.1) is 4.92 Å². The average Bonchev–Trinajstić information content (AvgIpc) is 2.47. The van der Waals surface area contributed by atoms with Gasteiger partial charge in [-0.25, -0.2) is 0 Å². The molecule has 0 saturated carbocycles. The van der Waals surface area contributed by atoms with Crippen LogP contribution in [0.3, 0.4) is 0 Å². The second-order valence-electron chi connectivity index (χ2n) is 4.82. The summed E-state index contributed by atoms with van der Waals surface area (Å²) in [6.45, 7) is 4.22. The molecule has 21 heavy (non-hydrogen) atoms. The van der Waals surface area contributed by atoms with Crippen LogP contribution in [-0.4, -0.2) is 4.92 Å². The first-order valence-electron chi connectivity index (χ1n) is 6.73. The molecule has 2 rings (SSSR count).